The van der Waals surface area contributed by atoms with Gasteiger partial charge in [-0.3, -0.25) is 4.79 Å². The molecule has 1 aliphatic rings. The molecule has 4 rings (SSSR count). The summed E-state index contributed by atoms with van der Waals surface area (Å²) >= 11 is 0. The zero-order chi connectivity index (χ0) is 20.1. The fourth-order valence-electron chi connectivity index (χ4n) is 3.33. The summed E-state index contributed by atoms with van der Waals surface area (Å²) < 4.78 is 20.9. The fourth-order valence-corrected chi connectivity index (χ4v) is 3.33. The number of nitrogens with zero attached hydrogens (tertiary/aromatic N) is 2. The Labute approximate surface area is 169 Å². The summed E-state index contributed by atoms with van der Waals surface area (Å²) in [6.45, 7) is 1.45. The maximum absolute atomic E-state index is 13.1. The lowest BCUT2D eigenvalue weighted by Crippen LogP contribution is -2.09. The van der Waals surface area contributed by atoms with Gasteiger partial charge in [-0.25, -0.2) is 9.37 Å². The van der Waals surface area contributed by atoms with Gasteiger partial charge in [0, 0.05) is 25.4 Å². The maximum atomic E-state index is 13.1. The van der Waals surface area contributed by atoms with Crippen LogP contribution in [0.3, 0.4) is 0 Å². The molecule has 0 aliphatic heterocycles. The van der Waals surface area contributed by atoms with Crippen LogP contribution in [0.2, 0.25) is 0 Å². The molecular formula is C24H21FN2O2. The van der Waals surface area contributed by atoms with Crippen molar-refractivity contribution in [3.8, 4) is 5.75 Å². The quantitative estimate of drug-likeness (QED) is 0.551. The number of hydrogen-bond donors (Lipinski definition) is 0. The van der Waals surface area contributed by atoms with E-state index in [-0.39, 0.29) is 11.6 Å². The lowest BCUT2D eigenvalue weighted by Gasteiger charge is -2.16. The van der Waals surface area contributed by atoms with Gasteiger partial charge in [0.1, 0.15) is 11.6 Å². The normalized spacial score (nSPS) is 13.4. The zero-order valence-electron chi connectivity index (χ0n) is 15.9. The molecule has 1 aromatic heterocycles. The number of carbonyl (C=O) groups is 1. The number of ketones is 1. The van der Waals surface area contributed by atoms with Gasteiger partial charge in [0.05, 0.1) is 12.9 Å². The minimum atomic E-state index is -0.267. The van der Waals surface area contributed by atoms with Gasteiger partial charge in [0.15, 0.2) is 5.78 Å². The smallest absolute Gasteiger partial charge is 0.160 e. The lowest BCUT2D eigenvalue weighted by atomic mass is 9.89. The van der Waals surface area contributed by atoms with Crippen molar-refractivity contribution in [2.24, 2.45) is 0 Å². The molecule has 5 heteroatoms. The fraction of sp³-hybridized carbons (Fsp3) is 0.167. The molecule has 29 heavy (non-hydrogen) atoms. The van der Waals surface area contributed by atoms with Crippen molar-refractivity contribution < 1.29 is 13.9 Å². The van der Waals surface area contributed by atoms with E-state index in [2.05, 4.69) is 4.98 Å². The van der Waals surface area contributed by atoms with Crippen molar-refractivity contribution in [2.45, 2.75) is 19.4 Å². The number of carbonyl (C=O) groups excluding carboxylic acids is 1. The molecule has 3 aromatic rings. The SMILES string of the molecule is O=C1C=C(C=Cc2ccc(F)cc2)c2ccc(OCCCn3ccnc3)cc2C1. The molecule has 0 spiro atoms. The van der Waals surface area contributed by atoms with Crippen LogP contribution in [0.1, 0.15) is 23.1 Å². The van der Waals surface area contributed by atoms with Crippen LogP contribution in [0.5, 0.6) is 5.75 Å². The molecule has 0 saturated heterocycles. The Bertz CT molecular complexity index is 1050. The molecule has 0 atom stereocenters. The van der Waals surface area contributed by atoms with Crippen LogP contribution in [0.15, 0.2) is 73.3 Å². The van der Waals surface area contributed by atoms with Gasteiger partial charge in [-0.05, 0) is 59.0 Å². The second-order valence-corrected chi connectivity index (χ2v) is 6.95. The summed E-state index contributed by atoms with van der Waals surface area (Å²) in [6.07, 6.45) is 12.2. The Morgan fingerprint density at radius 1 is 1.14 bits per heavy atom. The Hall–Kier alpha value is -3.47. The molecule has 1 heterocycles. The molecule has 0 radical (unpaired) electrons. The first-order valence-corrected chi connectivity index (χ1v) is 9.57. The predicted molar refractivity (Wildman–Crippen MR) is 111 cm³/mol. The van der Waals surface area contributed by atoms with E-state index in [0.717, 1.165) is 41.0 Å². The van der Waals surface area contributed by atoms with Crippen molar-refractivity contribution in [1.82, 2.24) is 9.55 Å². The number of rotatable bonds is 7. The van der Waals surface area contributed by atoms with Crippen LogP contribution in [0.25, 0.3) is 11.6 Å². The highest BCUT2D eigenvalue weighted by atomic mass is 19.1. The number of allylic oxidation sites excluding steroid dienone is 3. The average Bonchev–Trinajstić information content (AvgIpc) is 3.24. The van der Waals surface area contributed by atoms with Gasteiger partial charge in [-0.1, -0.05) is 30.4 Å². The van der Waals surface area contributed by atoms with E-state index >= 15 is 0 Å². The number of aromatic nitrogens is 2. The van der Waals surface area contributed by atoms with E-state index in [1.165, 1.54) is 12.1 Å². The molecular weight excluding hydrogens is 367 g/mol. The van der Waals surface area contributed by atoms with Gasteiger partial charge in [-0.2, -0.15) is 0 Å². The van der Waals surface area contributed by atoms with Gasteiger partial charge in [0.2, 0.25) is 0 Å². The summed E-state index contributed by atoms with van der Waals surface area (Å²) in [5.41, 5.74) is 3.72. The molecule has 0 unspecified atom stereocenters. The maximum Gasteiger partial charge on any atom is 0.160 e. The summed E-state index contributed by atoms with van der Waals surface area (Å²) in [4.78, 5) is 16.2. The number of ether oxygens (including phenoxy) is 1. The molecule has 1 aliphatic carbocycles. The largest absolute Gasteiger partial charge is 0.494 e. The Morgan fingerprint density at radius 2 is 2.00 bits per heavy atom. The molecule has 2 aromatic carbocycles. The highest BCUT2D eigenvalue weighted by molar-refractivity contribution is 6.04. The molecule has 146 valence electrons. The third-order valence-corrected chi connectivity index (χ3v) is 4.78. The molecule has 0 saturated carbocycles. The van der Waals surface area contributed by atoms with Crippen LogP contribution < -0.4 is 4.74 Å². The number of halogens is 1. The van der Waals surface area contributed by atoms with E-state index in [4.69, 9.17) is 4.74 Å². The van der Waals surface area contributed by atoms with Crippen LogP contribution in [0, 0.1) is 5.82 Å². The first-order valence-electron chi connectivity index (χ1n) is 9.57. The van der Waals surface area contributed by atoms with Crippen LogP contribution >= 0.6 is 0 Å². The van der Waals surface area contributed by atoms with E-state index in [1.807, 2.05) is 41.1 Å². The summed E-state index contributed by atoms with van der Waals surface area (Å²) in [7, 11) is 0. The summed E-state index contributed by atoms with van der Waals surface area (Å²) in [5, 5.41) is 0. The lowest BCUT2D eigenvalue weighted by molar-refractivity contribution is -0.114. The monoisotopic (exact) mass is 388 g/mol. The minimum absolute atomic E-state index is 0.0634. The standard InChI is InChI=1S/C24H21FN2O2/c25-21-6-3-18(4-7-21)2-5-19-14-22(28)15-20-16-23(8-9-24(19)20)29-13-1-11-27-12-10-26-17-27/h2-10,12,14,16-17H,1,11,13,15H2. The van der Waals surface area contributed by atoms with E-state index in [9.17, 15) is 9.18 Å². The van der Waals surface area contributed by atoms with E-state index in [0.29, 0.717) is 13.0 Å². The molecule has 0 bridgehead atoms. The van der Waals surface area contributed by atoms with Gasteiger partial charge >= 0.3 is 0 Å². The van der Waals surface area contributed by atoms with Crippen molar-refractivity contribution in [3.05, 3.63) is 95.8 Å². The molecule has 4 nitrogen and oxygen atoms in total. The summed E-state index contributed by atoms with van der Waals surface area (Å²) in [5.74, 6) is 0.566. The number of benzene rings is 2. The third-order valence-electron chi connectivity index (χ3n) is 4.78. The Kier molecular flexibility index (Phi) is 5.66. The van der Waals surface area contributed by atoms with Crippen molar-refractivity contribution in [2.75, 3.05) is 6.61 Å². The van der Waals surface area contributed by atoms with Crippen molar-refractivity contribution >= 4 is 17.4 Å². The number of aryl methyl sites for hydroxylation is 1. The van der Waals surface area contributed by atoms with Gasteiger partial charge in [0.25, 0.3) is 0 Å². The van der Waals surface area contributed by atoms with E-state index < -0.39 is 0 Å². The molecule has 0 amide bonds. The average molecular weight is 388 g/mol. The van der Waals surface area contributed by atoms with Crippen molar-refractivity contribution in [1.29, 1.82) is 0 Å². The number of hydrogen-bond acceptors (Lipinski definition) is 3. The number of fused-ring (bicyclic) bond motifs is 1. The highest BCUT2D eigenvalue weighted by Crippen LogP contribution is 2.30. The second kappa shape index (κ2) is 8.69. The van der Waals surface area contributed by atoms with Crippen LogP contribution in [-0.4, -0.2) is 21.9 Å². The Balaban J connectivity index is 1.43. The zero-order valence-corrected chi connectivity index (χ0v) is 15.9. The first kappa shape index (κ1) is 18.9. The summed E-state index contributed by atoms with van der Waals surface area (Å²) in [6, 6.07) is 12.1. The Morgan fingerprint density at radius 3 is 2.79 bits per heavy atom. The molecule has 0 fully saturated rings. The van der Waals surface area contributed by atoms with Crippen LogP contribution in [-0.2, 0) is 17.8 Å². The highest BCUT2D eigenvalue weighted by Gasteiger charge is 2.16. The van der Waals surface area contributed by atoms with Gasteiger partial charge in [-0.15, -0.1) is 0 Å². The van der Waals surface area contributed by atoms with Crippen LogP contribution in [0.4, 0.5) is 4.39 Å². The van der Waals surface area contributed by atoms with Gasteiger partial charge < -0.3 is 9.30 Å². The minimum Gasteiger partial charge on any atom is -0.494 e. The number of imidazole rings is 1. The predicted octanol–water partition coefficient (Wildman–Crippen LogP) is 4.71. The third kappa shape index (κ3) is 4.88. The second-order valence-electron chi connectivity index (χ2n) is 6.95. The van der Waals surface area contributed by atoms with E-state index in [1.54, 1.807) is 30.7 Å². The first-order chi connectivity index (χ1) is 14.2. The van der Waals surface area contributed by atoms with Crippen molar-refractivity contribution in [3.63, 3.8) is 0 Å². The molecule has 0 N–H and O–H groups in total. The topological polar surface area (TPSA) is 44.1 Å².